The highest BCUT2D eigenvalue weighted by Crippen LogP contribution is 2.32. The third-order valence-corrected chi connectivity index (χ3v) is 3.44. The molecule has 1 aromatic rings. The van der Waals surface area contributed by atoms with Crippen LogP contribution in [-0.4, -0.2) is 48.2 Å². The first-order chi connectivity index (χ1) is 11.2. The molecule has 24 heavy (non-hydrogen) atoms. The van der Waals surface area contributed by atoms with Crippen molar-refractivity contribution >= 4 is 29.2 Å². The van der Waals surface area contributed by atoms with Crippen molar-refractivity contribution in [3.63, 3.8) is 0 Å². The maximum atomic E-state index is 12.3. The quantitative estimate of drug-likeness (QED) is 0.843. The minimum absolute atomic E-state index is 0.00246. The van der Waals surface area contributed by atoms with E-state index in [1.54, 1.807) is 49.9 Å². The number of nitrogens with zero attached hydrogens (tertiary/aromatic N) is 2. The highest BCUT2D eigenvalue weighted by molar-refractivity contribution is 6.02. The maximum Gasteiger partial charge on any atom is 0.326 e. The van der Waals surface area contributed by atoms with Gasteiger partial charge in [-0.15, -0.1) is 0 Å². The molecule has 0 fully saturated rings. The fraction of sp³-hybridized carbons (Fsp3) is 0.471. The van der Waals surface area contributed by atoms with Crippen molar-refractivity contribution in [2.24, 2.45) is 0 Å². The summed E-state index contributed by atoms with van der Waals surface area (Å²) >= 11 is 0. The van der Waals surface area contributed by atoms with Crippen LogP contribution in [0.25, 0.3) is 0 Å². The van der Waals surface area contributed by atoms with Crippen molar-refractivity contribution in [3.05, 3.63) is 24.3 Å². The Morgan fingerprint density at radius 1 is 1.17 bits per heavy atom. The molecule has 0 bridgehead atoms. The number of esters is 1. The van der Waals surface area contributed by atoms with Gasteiger partial charge >= 0.3 is 11.9 Å². The Bertz CT molecular complexity index is 651. The van der Waals surface area contributed by atoms with Crippen LogP contribution in [0.1, 0.15) is 27.2 Å². The summed E-state index contributed by atoms with van der Waals surface area (Å²) in [5, 5.41) is 9.06. The maximum absolute atomic E-state index is 12.3. The fourth-order valence-corrected chi connectivity index (χ4v) is 2.58. The van der Waals surface area contributed by atoms with Gasteiger partial charge in [-0.05, 0) is 32.9 Å². The first-order valence-electron chi connectivity index (χ1n) is 7.75. The lowest BCUT2D eigenvalue weighted by molar-refractivity contribution is -0.153. The zero-order valence-electron chi connectivity index (χ0n) is 14.1. The van der Waals surface area contributed by atoms with Crippen LogP contribution in [0.15, 0.2) is 24.3 Å². The van der Waals surface area contributed by atoms with Gasteiger partial charge in [-0.2, -0.15) is 0 Å². The normalized spacial score (nSPS) is 14.9. The SMILES string of the molecule is CC(C)(C)OC(=O)CN1CCC(=O)N(CC(=O)O)c2ccccc21. The average molecular weight is 334 g/mol. The highest BCUT2D eigenvalue weighted by atomic mass is 16.6. The Morgan fingerprint density at radius 2 is 1.79 bits per heavy atom. The number of carbonyl (C=O) groups excluding carboxylic acids is 2. The van der Waals surface area contributed by atoms with E-state index >= 15 is 0 Å². The van der Waals surface area contributed by atoms with Crippen molar-refractivity contribution in [2.45, 2.75) is 32.8 Å². The second-order valence-electron chi connectivity index (χ2n) is 6.62. The molecule has 1 aliphatic rings. The number of hydrogen-bond donors (Lipinski definition) is 1. The van der Waals surface area contributed by atoms with Crippen molar-refractivity contribution in [1.29, 1.82) is 0 Å². The molecule has 0 saturated heterocycles. The molecule has 0 unspecified atom stereocenters. The van der Waals surface area contributed by atoms with E-state index in [9.17, 15) is 14.4 Å². The van der Waals surface area contributed by atoms with Gasteiger partial charge in [0.1, 0.15) is 18.7 Å². The summed E-state index contributed by atoms with van der Waals surface area (Å²) in [4.78, 5) is 38.5. The Balaban J connectivity index is 2.29. The number of carboxylic acids is 1. The van der Waals surface area contributed by atoms with E-state index in [0.717, 1.165) is 0 Å². The predicted octanol–water partition coefficient (Wildman–Crippen LogP) is 1.66. The lowest BCUT2D eigenvalue weighted by Gasteiger charge is -2.27. The van der Waals surface area contributed by atoms with Crippen LogP contribution >= 0.6 is 0 Å². The summed E-state index contributed by atoms with van der Waals surface area (Å²) in [5.41, 5.74) is 0.551. The van der Waals surface area contributed by atoms with Crippen molar-refractivity contribution in [3.8, 4) is 0 Å². The molecule has 0 atom stereocenters. The molecular formula is C17H22N2O5. The molecule has 0 aliphatic carbocycles. The Morgan fingerprint density at radius 3 is 2.38 bits per heavy atom. The van der Waals surface area contributed by atoms with E-state index in [1.807, 2.05) is 0 Å². The van der Waals surface area contributed by atoms with Gasteiger partial charge in [-0.3, -0.25) is 19.3 Å². The first-order valence-corrected chi connectivity index (χ1v) is 7.75. The fourth-order valence-electron chi connectivity index (χ4n) is 2.58. The van der Waals surface area contributed by atoms with Crippen LogP contribution in [-0.2, 0) is 19.1 Å². The van der Waals surface area contributed by atoms with E-state index in [1.165, 1.54) is 4.90 Å². The van der Waals surface area contributed by atoms with Gasteiger partial charge in [0.15, 0.2) is 0 Å². The van der Waals surface area contributed by atoms with Crippen LogP contribution < -0.4 is 9.80 Å². The lowest BCUT2D eigenvalue weighted by Crippen LogP contribution is -2.35. The summed E-state index contributed by atoms with van der Waals surface area (Å²) in [5.74, 6) is -1.76. The van der Waals surface area contributed by atoms with E-state index in [-0.39, 0.29) is 18.9 Å². The number of anilines is 2. The topological polar surface area (TPSA) is 87.2 Å². The van der Waals surface area contributed by atoms with E-state index in [2.05, 4.69) is 0 Å². The second-order valence-corrected chi connectivity index (χ2v) is 6.62. The number of hydrogen-bond acceptors (Lipinski definition) is 5. The monoisotopic (exact) mass is 334 g/mol. The van der Waals surface area contributed by atoms with Gasteiger partial charge in [0, 0.05) is 13.0 Å². The standard InChI is InChI=1S/C17H22N2O5/c1-17(2,3)24-16(23)11-18-9-8-14(20)19(10-15(21)22)13-7-5-4-6-12(13)18/h4-7H,8-11H2,1-3H3,(H,21,22). The summed E-state index contributed by atoms with van der Waals surface area (Å²) in [6, 6.07) is 6.98. The Labute approximate surface area is 140 Å². The summed E-state index contributed by atoms with van der Waals surface area (Å²) in [6.07, 6.45) is 0.130. The summed E-state index contributed by atoms with van der Waals surface area (Å²) in [7, 11) is 0. The van der Waals surface area contributed by atoms with Crippen molar-refractivity contribution in [1.82, 2.24) is 0 Å². The molecular weight excluding hydrogens is 312 g/mol. The van der Waals surface area contributed by atoms with Gasteiger partial charge in [-0.1, -0.05) is 12.1 Å². The molecule has 7 nitrogen and oxygen atoms in total. The first kappa shape index (κ1) is 17.8. The van der Waals surface area contributed by atoms with E-state index < -0.39 is 24.1 Å². The zero-order valence-corrected chi connectivity index (χ0v) is 14.1. The van der Waals surface area contributed by atoms with Gasteiger partial charge < -0.3 is 14.7 Å². The zero-order chi connectivity index (χ0) is 17.9. The minimum Gasteiger partial charge on any atom is -0.480 e. The second kappa shape index (κ2) is 6.90. The number of para-hydroxylation sites is 2. The minimum atomic E-state index is -1.08. The number of ether oxygens (including phenoxy) is 1. The number of carboxylic acid groups (broad SMARTS) is 1. The molecule has 0 radical (unpaired) electrons. The van der Waals surface area contributed by atoms with Crippen LogP contribution in [0.4, 0.5) is 11.4 Å². The lowest BCUT2D eigenvalue weighted by atomic mass is 10.2. The molecule has 7 heteroatoms. The van der Waals surface area contributed by atoms with E-state index in [0.29, 0.717) is 17.9 Å². The van der Waals surface area contributed by atoms with Crippen molar-refractivity contribution in [2.75, 3.05) is 29.4 Å². The number of amides is 1. The Hall–Kier alpha value is -2.57. The van der Waals surface area contributed by atoms with Gasteiger partial charge in [0.05, 0.1) is 11.4 Å². The molecule has 0 aromatic heterocycles. The molecule has 1 heterocycles. The molecule has 0 saturated carbocycles. The largest absolute Gasteiger partial charge is 0.480 e. The molecule has 0 spiro atoms. The number of benzene rings is 1. The third kappa shape index (κ3) is 4.47. The molecule has 1 aliphatic heterocycles. The third-order valence-electron chi connectivity index (χ3n) is 3.44. The molecule has 130 valence electrons. The van der Waals surface area contributed by atoms with Crippen LogP contribution in [0.5, 0.6) is 0 Å². The van der Waals surface area contributed by atoms with Crippen LogP contribution in [0, 0.1) is 0 Å². The smallest absolute Gasteiger partial charge is 0.326 e. The van der Waals surface area contributed by atoms with Gasteiger partial charge in [0.25, 0.3) is 0 Å². The molecule has 1 amide bonds. The predicted molar refractivity (Wildman–Crippen MR) is 89.1 cm³/mol. The van der Waals surface area contributed by atoms with E-state index in [4.69, 9.17) is 9.84 Å². The van der Waals surface area contributed by atoms with Gasteiger partial charge in [0.2, 0.25) is 5.91 Å². The van der Waals surface area contributed by atoms with Gasteiger partial charge in [-0.25, -0.2) is 0 Å². The summed E-state index contributed by atoms with van der Waals surface area (Å²) < 4.78 is 5.34. The average Bonchev–Trinajstić information content (AvgIpc) is 2.57. The van der Waals surface area contributed by atoms with Crippen LogP contribution in [0.3, 0.4) is 0 Å². The molecule has 2 rings (SSSR count). The van der Waals surface area contributed by atoms with Crippen LogP contribution in [0.2, 0.25) is 0 Å². The summed E-state index contributed by atoms with van der Waals surface area (Å²) in [6.45, 7) is 5.29. The number of carbonyl (C=O) groups is 3. The molecule has 1 aromatic carbocycles. The van der Waals surface area contributed by atoms with Crippen molar-refractivity contribution < 1.29 is 24.2 Å². The number of rotatable bonds is 4. The highest BCUT2D eigenvalue weighted by Gasteiger charge is 2.29. The Kier molecular flexibility index (Phi) is 5.11. The number of aliphatic carboxylic acids is 1. The molecule has 1 N–H and O–H groups in total. The number of fused-ring (bicyclic) bond motifs is 1.